The summed E-state index contributed by atoms with van der Waals surface area (Å²) in [6.07, 6.45) is 1.74. The highest BCUT2D eigenvalue weighted by atomic mass is 32.1. The summed E-state index contributed by atoms with van der Waals surface area (Å²) in [5.74, 6) is 0.896. The van der Waals surface area contributed by atoms with E-state index in [0.717, 1.165) is 52.5 Å². The van der Waals surface area contributed by atoms with Gasteiger partial charge in [-0.2, -0.15) is 0 Å². The highest BCUT2D eigenvalue weighted by molar-refractivity contribution is 7.16. The normalized spacial score (nSPS) is 15.4. The first-order valence-electron chi connectivity index (χ1n) is 10.1. The second kappa shape index (κ2) is 9.27. The summed E-state index contributed by atoms with van der Waals surface area (Å²) in [6.45, 7) is 15.6. The number of nitrogens with one attached hydrogen (secondary N) is 2. The largest absolute Gasteiger partial charge is 0.493 e. The first-order chi connectivity index (χ1) is 14.0. The Bertz CT molecular complexity index is 917. The Morgan fingerprint density at radius 1 is 1.34 bits per heavy atom. The Balaban J connectivity index is 1.93. The van der Waals surface area contributed by atoms with Crippen molar-refractivity contribution in [3.63, 3.8) is 0 Å². The van der Waals surface area contributed by atoms with Crippen molar-refractivity contribution in [2.45, 2.75) is 45.6 Å². The second-order valence-electron chi connectivity index (χ2n) is 7.44. The van der Waals surface area contributed by atoms with E-state index in [-0.39, 0.29) is 17.9 Å². The Labute approximate surface area is 176 Å². The van der Waals surface area contributed by atoms with E-state index in [9.17, 15) is 4.79 Å². The molecular weight excluding hydrogens is 382 g/mol. The Morgan fingerprint density at radius 3 is 2.79 bits per heavy atom. The summed E-state index contributed by atoms with van der Waals surface area (Å²) in [6, 6.07) is 7.80. The van der Waals surface area contributed by atoms with E-state index in [0.29, 0.717) is 11.5 Å². The lowest BCUT2D eigenvalue weighted by Crippen LogP contribution is -2.32. The van der Waals surface area contributed by atoms with Gasteiger partial charge >= 0.3 is 0 Å². The average Bonchev–Trinajstić information content (AvgIpc) is 3.12. The Morgan fingerprint density at radius 2 is 2.10 bits per heavy atom. The van der Waals surface area contributed by atoms with Gasteiger partial charge in [0, 0.05) is 29.8 Å². The monoisotopic (exact) mass is 411 g/mol. The SMILES string of the molecule is C=Nc1c(C(=C)NCCC)sc(C(=O)N[C@H]2CCOc3ccccc32)c1C(C)C. The van der Waals surface area contributed by atoms with Crippen molar-refractivity contribution >= 4 is 35.3 Å². The van der Waals surface area contributed by atoms with E-state index >= 15 is 0 Å². The molecular formula is C23H29N3O2S. The molecule has 2 aromatic rings. The fourth-order valence-electron chi connectivity index (χ4n) is 3.57. The molecule has 1 aromatic carbocycles. The highest BCUT2D eigenvalue weighted by Gasteiger charge is 2.29. The molecule has 6 heteroatoms. The van der Waals surface area contributed by atoms with Crippen LogP contribution in [0.4, 0.5) is 5.69 Å². The fraction of sp³-hybridized carbons (Fsp3) is 0.391. The molecule has 1 aromatic heterocycles. The minimum Gasteiger partial charge on any atom is -0.493 e. The molecule has 154 valence electrons. The molecule has 0 fully saturated rings. The first-order valence-corrected chi connectivity index (χ1v) is 10.9. The Kier molecular flexibility index (Phi) is 6.75. The summed E-state index contributed by atoms with van der Waals surface area (Å²) in [5, 5.41) is 6.53. The molecule has 0 saturated heterocycles. The number of hydrogen-bond donors (Lipinski definition) is 2. The number of para-hydroxylation sites is 1. The van der Waals surface area contributed by atoms with Crippen molar-refractivity contribution in [3.8, 4) is 5.75 Å². The fourth-order valence-corrected chi connectivity index (χ4v) is 4.84. The van der Waals surface area contributed by atoms with E-state index < -0.39 is 0 Å². The van der Waals surface area contributed by atoms with E-state index in [1.54, 1.807) is 0 Å². The third-order valence-electron chi connectivity index (χ3n) is 4.99. The molecule has 0 spiro atoms. The molecule has 3 rings (SSSR count). The van der Waals surface area contributed by atoms with Crippen LogP contribution in [0.15, 0.2) is 35.8 Å². The van der Waals surface area contributed by atoms with E-state index in [1.165, 1.54) is 11.3 Å². The van der Waals surface area contributed by atoms with Crippen LogP contribution >= 0.6 is 11.3 Å². The van der Waals surface area contributed by atoms with Crippen molar-refractivity contribution in [1.82, 2.24) is 10.6 Å². The highest BCUT2D eigenvalue weighted by Crippen LogP contribution is 2.43. The Hall–Kier alpha value is -2.60. The van der Waals surface area contributed by atoms with Crippen LogP contribution in [0.25, 0.3) is 5.70 Å². The van der Waals surface area contributed by atoms with Gasteiger partial charge in [-0.3, -0.25) is 9.79 Å². The minimum absolute atomic E-state index is 0.0698. The van der Waals surface area contributed by atoms with Gasteiger partial charge in [0.15, 0.2) is 0 Å². The number of hydrogen-bond acceptors (Lipinski definition) is 5. The van der Waals surface area contributed by atoms with Gasteiger partial charge in [-0.15, -0.1) is 11.3 Å². The minimum atomic E-state index is -0.0835. The lowest BCUT2D eigenvalue weighted by atomic mass is 9.98. The summed E-state index contributed by atoms with van der Waals surface area (Å²) in [4.78, 5) is 19.1. The maximum absolute atomic E-state index is 13.3. The number of carbonyl (C=O) groups is 1. The third kappa shape index (κ3) is 4.37. The molecule has 1 aliphatic rings. The number of aliphatic imine (C=N–C) groups is 1. The first kappa shape index (κ1) is 21.1. The number of carbonyl (C=O) groups excluding carboxylic acids is 1. The van der Waals surface area contributed by atoms with Crippen molar-refractivity contribution in [1.29, 1.82) is 0 Å². The molecule has 1 amide bonds. The number of nitrogens with zero attached hydrogens (tertiary/aromatic N) is 1. The van der Waals surface area contributed by atoms with Crippen LogP contribution in [-0.4, -0.2) is 25.8 Å². The number of thiophene rings is 1. The van der Waals surface area contributed by atoms with Crippen LogP contribution in [0.5, 0.6) is 5.75 Å². The number of ether oxygens (including phenoxy) is 1. The number of rotatable bonds is 8. The zero-order valence-electron chi connectivity index (χ0n) is 17.4. The zero-order chi connectivity index (χ0) is 21.0. The van der Waals surface area contributed by atoms with Gasteiger partial charge in [0.25, 0.3) is 5.91 Å². The van der Waals surface area contributed by atoms with Gasteiger partial charge in [0.1, 0.15) is 5.75 Å². The number of amides is 1. The van der Waals surface area contributed by atoms with Gasteiger partial charge in [0.05, 0.1) is 28.1 Å². The van der Waals surface area contributed by atoms with Crippen LogP contribution < -0.4 is 15.4 Å². The quantitative estimate of drug-likeness (QED) is 0.570. The summed E-state index contributed by atoms with van der Waals surface area (Å²) < 4.78 is 5.72. The molecule has 0 unspecified atom stereocenters. The number of benzene rings is 1. The number of fused-ring (bicyclic) bond motifs is 1. The van der Waals surface area contributed by atoms with Crippen LogP contribution in [-0.2, 0) is 0 Å². The van der Waals surface area contributed by atoms with E-state index in [2.05, 4.69) is 49.7 Å². The zero-order valence-corrected chi connectivity index (χ0v) is 18.2. The van der Waals surface area contributed by atoms with Crippen LogP contribution in [0.3, 0.4) is 0 Å². The lowest BCUT2D eigenvalue weighted by Gasteiger charge is -2.26. The molecule has 0 bridgehead atoms. The average molecular weight is 412 g/mol. The van der Waals surface area contributed by atoms with Crippen LogP contribution in [0.1, 0.15) is 71.2 Å². The van der Waals surface area contributed by atoms with E-state index in [4.69, 9.17) is 4.74 Å². The standard InChI is InChI=1S/C23H29N3O2S/c1-6-12-25-15(4)21-20(24-5)19(14(2)3)22(29-21)23(27)26-17-11-13-28-18-10-8-7-9-16(17)18/h7-10,14,17,25H,4-6,11-13H2,1-3H3,(H,26,27)/t17-/m0/s1. The lowest BCUT2D eigenvalue weighted by molar-refractivity contribution is 0.0928. The van der Waals surface area contributed by atoms with Crippen LogP contribution in [0, 0.1) is 0 Å². The van der Waals surface area contributed by atoms with E-state index in [1.807, 2.05) is 24.3 Å². The van der Waals surface area contributed by atoms with Gasteiger partial charge < -0.3 is 15.4 Å². The maximum Gasteiger partial charge on any atom is 0.262 e. The predicted molar refractivity (Wildman–Crippen MR) is 122 cm³/mol. The van der Waals surface area contributed by atoms with Crippen LogP contribution in [0.2, 0.25) is 0 Å². The summed E-state index contributed by atoms with van der Waals surface area (Å²) in [5.41, 5.74) is 3.50. The van der Waals surface area contributed by atoms with Crippen molar-refractivity contribution in [2.24, 2.45) is 4.99 Å². The molecule has 2 N–H and O–H groups in total. The summed E-state index contributed by atoms with van der Waals surface area (Å²) in [7, 11) is 0. The maximum atomic E-state index is 13.3. The van der Waals surface area contributed by atoms with Gasteiger partial charge in [-0.25, -0.2) is 0 Å². The van der Waals surface area contributed by atoms with Crippen molar-refractivity contribution in [2.75, 3.05) is 13.2 Å². The topological polar surface area (TPSA) is 62.7 Å². The van der Waals surface area contributed by atoms with Gasteiger partial charge in [0.2, 0.25) is 0 Å². The van der Waals surface area contributed by atoms with Gasteiger partial charge in [-0.1, -0.05) is 45.5 Å². The third-order valence-corrected chi connectivity index (χ3v) is 6.24. The molecule has 0 saturated carbocycles. The van der Waals surface area contributed by atoms with Crippen molar-refractivity contribution < 1.29 is 9.53 Å². The molecule has 1 aliphatic heterocycles. The smallest absolute Gasteiger partial charge is 0.262 e. The van der Waals surface area contributed by atoms with Crippen molar-refractivity contribution in [3.05, 3.63) is 51.7 Å². The molecule has 1 atom stereocenters. The van der Waals surface area contributed by atoms with Gasteiger partial charge in [-0.05, 0) is 25.1 Å². The molecule has 2 heterocycles. The summed E-state index contributed by atoms with van der Waals surface area (Å²) >= 11 is 1.44. The predicted octanol–water partition coefficient (Wildman–Crippen LogP) is 5.43. The molecule has 0 radical (unpaired) electrons. The molecule has 29 heavy (non-hydrogen) atoms. The second-order valence-corrected chi connectivity index (χ2v) is 8.46. The molecule has 5 nitrogen and oxygen atoms in total. The molecule has 0 aliphatic carbocycles.